The van der Waals surface area contributed by atoms with Gasteiger partial charge in [0.1, 0.15) is 0 Å². The average molecular weight is 334 g/mol. The van der Waals surface area contributed by atoms with Crippen molar-refractivity contribution in [2.75, 3.05) is 5.32 Å². The summed E-state index contributed by atoms with van der Waals surface area (Å²) in [7, 11) is 0. The minimum Gasteiger partial charge on any atom is -0.389 e. The number of nitrogens with one attached hydrogen (secondary N) is 1. The molecule has 0 heterocycles. The van der Waals surface area contributed by atoms with Crippen LogP contribution in [0.1, 0.15) is 31.1 Å². The molecule has 0 fully saturated rings. The van der Waals surface area contributed by atoms with Crippen LogP contribution < -0.4 is 5.32 Å². The zero-order valence-corrected chi connectivity index (χ0v) is 13.4. The van der Waals surface area contributed by atoms with Gasteiger partial charge < -0.3 is 10.4 Å². The zero-order chi connectivity index (χ0) is 14.5. The predicted molar refractivity (Wildman–Crippen MR) is 88.0 cm³/mol. The van der Waals surface area contributed by atoms with Crippen LogP contribution in [-0.4, -0.2) is 11.1 Å². The number of hydrogen-bond acceptors (Lipinski definition) is 2. The summed E-state index contributed by atoms with van der Waals surface area (Å²) < 4.78 is 1.10. The molecule has 0 radical (unpaired) electrons. The zero-order valence-electron chi connectivity index (χ0n) is 11.8. The highest BCUT2D eigenvalue weighted by Gasteiger charge is 2.10. The number of aliphatic hydroxyl groups is 1. The molecule has 2 aromatic carbocycles. The maximum absolute atomic E-state index is 9.79. The molecule has 0 aromatic heterocycles. The lowest BCUT2D eigenvalue weighted by Gasteiger charge is -2.19. The molecule has 2 rings (SSSR count). The fourth-order valence-electron chi connectivity index (χ4n) is 2.28. The molecule has 0 aliphatic heterocycles. The van der Waals surface area contributed by atoms with E-state index in [0.717, 1.165) is 22.1 Å². The van der Waals surface area contributed by atoms with Gasteiger partial charge in [-0.2, -0.15) is 0 Å². The Bertz CT molecular complexity index is 551. The maximum atomic E-state index is 9.79. The van der Waals surface area contributed by atoms with Gasteiger partial charge in [-0.3, -0.25) is 0 Å². The lowest BCUT2D eigenvalue weighted by molar-refractivity contribution is 0.200. The van der Waals surface area contributed by atoms with Crippen LogP contribution in [0.2, 0.25) is 0 Å². The molecular weight excluding hydrogens is 314 g/mol. The highest BCUT2D eigenvalue weighted by molar-refractivity contribution is 9.10. The largest absolute Gasteiger partial charge is 0.389 e. The number of benzene rings is 2. The topological polar surface area (TPSA) is 32.3 Å². The first kappa shape index (κ1) is 15.1. The highest BCUT2D eigenvalue weighted by atomic mass is 79.9. The van der Waals surface area contributed by atoms with E-state index in [0.29, 0.717) is 6.04 Å². The summed E-state index contributed by atoms with van der Waals surface area (Å²) in [5.41, 5.74) is 3.24. The molecule has 0 aliphatic carbocycles. The lowest BCUT2D eigenvalue weighted by Crippen LogP contribution is -2.19. The van der Waals surface area contributed by atoms with Crippen molar-refractivity contribution in [2.24, 2.45) is 0 Å². The van der Waals surface area contributed by atoms with Crippen molar-refractivity contribution in [3.05, 3.63) is 64.1 Å². The summed E-state index contributed by atoms with van der Waals surface area (Å²) >= 11 is 3.45. The summed E-state index contributed by atoms with van der Waals surface area (Å²) in [5.74, 6) is 0. The van der Waals surface area contributed by atoms with Crippen LogP contribution in [0.4, 0.5) is 5.69 Å². The molecule has 2 unspecified atom stereocenters. The number of anilines is 1. The highest BCUT2D eigenvalue weighted by Crippen LogP contribution is 2.23. The number of halogens is 1. The normalized spacial score (nSPS) is 13.8. The first-order chi connectivity index (χ1) is 9.56. The van der Waals surface area contributed by atoms with Crippen LogP contribution in [0.3, 0.4) is 0 Å². The van der Waals surface area contributed by atoms with E-state index in [-0.39, 0.29) is 0 Å². The van der Waals surface area contributed by atoms with Crippen LogP contribution in [0.15, 0.2) is 53.0 Å². The molecule has 0 aliphatic rings. The van der Waals surface area contributed by atoms with Gasteiger partial charge in [0.15, 0.2) is 0 Å². The van der Waals surface area contributed by atoms with E-state index < -0.39 is 6.10 Å². The first-order valence-corrected chi connectivity index (χ1v) is 7.63. The minimum absolute atomic E-state index is 0.302. The Balaban J connectivity index is 2.04. The summed E-state index contributed by atoms with van der Waals surface area (Å²) in [6, 6.07) is 16.6. The third kappa shape index (κ3) is 4.09. The molecule has 0 spiro atoms. The second-order valence-electron chi connectivity index (χ2n) is 5.14. The van der Waals surface area contributed by atoms with Crippen molar-refractivity contribution >= 4 is 21.6 Å². The third-order valence-electron chi connectivity index (χ3n) is 3.27. The van der Waals surface area contributed by atoms with Crippen LogP contribution in [0.5, 0.6) is 0 Å². The van der Waals surface area contributed by atoms with Crippen molar-refractivity contribution in [3.8, 4) is 0 Å². The number of hydrogen-bond donors (Lipinski definition) is 2. The molecule has 0 bridgehead atoms. The first-order valence-electron chi connectivity index (χ1n) is 6.84. The Morgan fingerprint density at radius 2 is 1.70 bits per heavy atom. The molecule has 20 heavy (non-hydrogen) atoms. The predicted octanol–water partition coefficient (Wildman–Crippen LogP) is 4.55. The Kier molecular flexibility index (Phi) is 5.21. The van der Waals surface area contributed by atoms with E-state index in [9.17, 15) is 5.11 Å². The minimum atomic E-state index is -0.460. The fourth-order valence-corrected chi connectivity index (χ4v) is 2.55. The van der Waals surface area contributed by atoms with Crippen LogP contribution in [0.25, 0.3) is 0 Å². The van der Waals surface area contributed by atoms with Gasteiger partial charge in [-0.1, -0.05) is 46.3 Å². The number of rotatable bonds is 5. The van der Waals surface area contributed by atoms with Crippen molar-refractivity contribution in [2.45, 2.75) is 32.4 Å². The molecule has 0 amide bonds. The van der Waals surface area contributed by atoms with Gasteiger partial charge >= 0.3 is 0 Å². The second kappa shape index (κ2) is 6.91. The van der Waals surface area contributed by atoms with Crippen LogP contribution in [0, 0.1) is 0 Å². The molecule has 2 aromatic rings. The molecule has 3 heteroatoms. The number of para-hydroxylation sites is 1. The average Bonchev–Trinajstić information content (AvgIpc) is 2.41. The SMILES string of the molecule is CC(Cc1ccc(Br)cc1)Nc1ccccc1C(C)O. The van der Waals surface area contributed by atoms with Gasteiger partial charge in [-0.15, -0.1) is 0 Å². The summed E-state index contributed by atoms with van der Waals surface area (Å²) in [6.45, 7) is 3.95. The maximum Gasteiger partial charge on any atom is 0.0781 e. The second-order valence-corrected chi connectivity index (χ2v) is 6.05. The van der Waals surface area contributed by atoms with E-state index in [1.807, 2.05) is 24.3 Å². The Labute approximate surface area is 129 Å². The van der Waals surface area contributed by atoms with Gasteiger partial charge in [0, 0.05) is 21.8 Å². The standard InChI is InChI=1S/C17H20BrNO/c1-12(11-14-7-9-15(18)10-8-14)19-17-6-4-3-5-16(17)13(2)20/h3-10,12-13,19-20H,11H2,1-2H3. The summed E-state index contributed by atoms with van der Waals surface area (Å²) in [5, 5.41) is 13.3. The smallest absolute Gasteiger partial charge is 0.0781 e. The Hall–Kier alpha value is -1.32. The van der Waals surface area contributed by atoms with E-state index in [2.05, 4.69) is 52.4 Å². The van der Waals surface area contributed by atoms with E-state index >= 15 is 0 Å². The van der Waals surface area contributed by atoms with Gasteiger partial charge in [-0.05, 0) is 44.0 Å². The van der Waals surface area contributed by atoms with E-state index in [1.54, 1.807) is 6.92 Å². The Morgan fingerprint density at radius 1 is 1.05 bits per heavy atom. The Morgan fingerprint density at radius 3 is 2.35 bits per heavy atom. The molecule has 2 atom stereocenters. The third-order valence-corrected chi connectivity index (χ3v) is 3.80. The molecule has 0 saturated heterocycles. The van der Waals surface area contributed by atoms with Crippen molar-refractivity contribution in [3.63, 3.8) is 0 Å². The van der Waals surface area contributed by atoms with Gasteiger partial charge in [0.25, 0.3) is 0 Å². The van der Waals surface area contributed by atoms with Gasteiger partial charge in [0.2, 0.25) is 0 Å². The van der Waals surface area contributed by atoms with Crippen LogP contribution >= 0.6 is 15.9 Å². The van der Waals surface area contributed by atoms with Crippen molar-refractivity contribution in [1.82, 2.24) is 0 Å². The van der Waals surface area contributed by atoms with Crippen molar-refractivity contribution in [1.29, 1.82) is 0 Å². The summed E-state index contributed by atoms with van der Waals surface area (Å²) in [4.78, 5) is 0. The lowest BCUT2D eigenvalue weighted by atomic mass is 10.0. The van der Waals surface area contributed by atoms with Gasteiger partial charge in [0.05, 0.1) is 6.10 Å². The molecule has 2 N–H and O–H groups in total. The number of aliphatic hydroxyl groups excluding tert-OH is 1. The molecule has 0 saturated carbocycles. The van der Waals surface area contributed by atoms with E-state index in [4.69, 9.17) is 0 Å². The molecule has 2 nitrogen and oxygen atoms in total. The fraction of sp³-hybridized carbons (Fsp3) is 0.294. The van der Waals surface area contributed by atoms with E-state index in [1.165, 1.54) is 5.56 Å². The molecule has 106 valence electrons. The molecular formula is C17H20BrNO. The summed E-state index contributed by atoms with van der Waals surface area (Å²) in [6.07, 6.45) is 0.486. The van der Waals surface area contributed by atoms with Gasteiger partial charge in [-0.25, -0.2) is 0 Å². The van der Waals surface area contributed by atoms with Crippen molar-refractivity contribution < 1.29 is 5.11 Å². The monoisotopic (exact) mass is 333 g/mol. The van der Waals surface area contributed by atoms with Crippen LogP contribution in [-0.2, 0) is 6.42 Å². The quantitative estimate of drug-likeness (QED) is 0.841.